The van der Waals surface area contributed by atoms with Crippen molar-refractivity contribution in [3.05, 3.63) is 47.9 Å². The van der Waals surface area contributed by atoms with Crippen LogP contribution in [0.15, 0.2) is 36.5 Å². The number of rotatable bonds is 3. The van der Waals surface area contributed by atoms with Gasteiger partial charge in [-0.05, 0) is 37.3 Å². The van der Waals surface area contributed by atoms with Crippen molar-refractivity contribution in [3.63, 3.8) is 0 Å². The molecule has 23 heavy (non-hydrogen) atoms. The van der Waals surface area contributed by atoms with Crippen molar-refractivity contribution in [1.82, 2.24) is 25.3 Å². The zero-order valence-corrected chi connectivity index (χ0v) is 12.8. The summed E-state index contributed by atoms with van der Waals surface area (Å²) in [7, 11) is 0. The molecule has 1 unspecified atom stereocenters. The van der Waals surface area contributed by atoms with Gasteiger partial charge >= 0.3 is 0 Å². The van der Waals surface area contributed by atoms with E-state index in [1.807, 2.05) is 35.2 Å². The topological polar surface area (TPSA) is 77.7 Å². The number of para-hydroxylation sites is 1. The number of benzene rings is 1. The third kappa shape index (κ3) is 2.72. The molecule has 6 nitrogen and oxygen atoms in total. The molecule has 1 fully saturated rings. The number of aromatic nitrogens is 4. The molecule has 1 amide bonds. The van der Waals surface area contributed by atoms with E-state index in [9.17, 15) is 4.79 Å². The van der Waals surface area contributed by atoms with E-state index in [-0.39, 0.29) is 5.91 Å². The van der Waals surface area contributed by atoms with Crippen molar-refractivity contribution >= 4 is 16.8 Å². The number of H-pyrrole nitrogens is 2. The summed E-state index contributed by atoms with van der Waals surface area (Å²) < 4.78 is 0. The Bertz CT molecular complexity index is 807. The molecular weight excluding hydrogens is 290 g/mol. The van der Waals surface area contributed by atoms with Crippen LogP contribution in [-0.2, 0) is 6.42 Å². The van der Waals surface area contributed by atoms with E-state index in [1.165, 1.54) is 0 Å². The summed E-state index contributed by atoms with van der Waals surface area (Å²) in [4.78, 5) is 14.8. The number of nitrogens with zero attached hydrogens (tertiary/aromatic N) is 3. The second kappa shape index (κ2) is 5.87. The quantitative estimate of drug-likeness (QED) is 0.780. The van der Waals surface area contributed by atoms with Crippen molar-refractivity contribution in [1.29, 1.82) is 0 Å². The maximum atomic E-state index is 12.8. The van der Waals surface area contributed by atoms with Crippen molar-refractivity contribution in [2.24, 2.45) is 5.92 Å². The minimum Gasteiger partial charge on any atom is -0.337 e. The standard InChI is InChI=1S/C17H19N5O/c23-17(16-14-5-1-2-6-15(14)20-21-16)22-9-3-4-12(11-22)10-13-7-8-18-19-13/h1-2,5-8,12H,3-4,9-11H2,(H,18,19)(H,20,21). The Morgan fingerprint density at radius 2 is 2.17 bits per heavy atom. The van der Waals surface area contributed by atoms with Gasteiger partial charge in [0.25, 0.3) is 5.91 Å². The van der Waals surface area contributed by atoms with Gasteiger partial charge in [0.1, 0.15) is 0 Å². The molecular formula is C17H19N5O. The van der Waals surface area contributed by atoms with E-state index >= 15 is 0 Å². The lowest BCUT2D eigenvalue weighted by atomic mass is 9.93. The maximum Gasteiger partial charge on any atom is 0.275 e. The lowest BCUT2D eigenvalue weighted by Crippen LogP contribution is -2.40. The van der Waals surface area contributed by atoms with Gasteiger partial charge in [-0.1, -0.05) is 18.2 Å². The predicted molar refractivity (Wildman–Crippen MR) is 87.0 cm³/mol. The minimum atomic E-state index is 0.0248. The zero-order chi connectivity index (χ0) is 15.6. The van der Waals surface area contributed by atoms with Gasteiger partial charge in [0.15, 0.2) is 5.69 Å². The van der Waals surface area contributed by atoms with Crippen LogP contribution in [0.25, 0.3) is 10.9 Å². The fourth-order valence-corrected chi connectivity index (χ4v) is 3.40. The Hall–Kier alpha value is -2.63. The number of likely N-dealkylation sites (tertiary alicyclic amines) is 1. The number of carbonyl (C=O) groups excluding carboxylic acids is 1. The van der Waals surface area contributed by atoms with E-state index in [4.69, 9.17) is 0 Å². The summed E-state index contributed by atoms with van der Waals surface area (Å²) in [5, 5.41) is 15.1. The molecule has 1 aromatic carbocycles. The lowest BCUT2D eigenvalue weighted by Gasteiger charge is -2.32. The van der Waals surface area contributed by atoms with E-state index in [0.717, 1.165) is 48.9 Å². The molecule has 0 bridgehead atoms. The Morgan fingerprint density at radius 3 is 3.04 bits per heavy atom. The molecule has 0 aliphatic carbocycles. The molecule has 1 saturated heterocycles. The normalized spacial score (nSPS) is 18.4. The molecule has 6 heteroatoms. The molecule has 0 saturated carbocycles. The SMILES string of the molecule is O=C(c1n[nH]c2ccccc12)N1CCCC(Cc2ccn[nH]2)C1. The second-order valence-corrected chi connectivity index (χ2v) is 6.16. The number of hydrogen-bond donors (Lipinski definition) is 2. The van der Waals surface area contributed by atoms with Crippen LogP contribution in [0.3, 0.4) is 0 Å². The molecule has 1 aliphatic heterocycles. The summed E-state index contributed by atoms with van der Waals surface area (Å²) in [6, 6.07) is 9.76. The lowest BCUT2D eigenvalue weighted by molar-refractivity contribution is 0.0668. The number of fused-ring (bicyclic) bond motifs is 1. The highest BCUT2D eigenvalue weighted by Crippen LogP contribution is 2.23. The van der Waals surface area contributed by atoms with Crippen LogP contribution in [-0.4, -0.2) is 44.3 Å². The van der Waals surface area contributed by atoms with Crippen LogP contribution >= 0.6 is 0 Å². The van der Waals surface area contributed by atoms with Crippen LogP contribution in [0.2, 0.25) is 0 Å². The van der Waals surface area contributed by atoms with Gasteiger partial charge in [-0.15, -0.1) is 0 Å². The summed E-state index contributed by atoms with van der Waals surface area (Å²) in [5.41, 5.74) is 2.57. The molecule has 3 aromatic rings. The average molecular weight is 309 g/mol. The van der Waals surface area contributed by atoms with Crippen LogP contribution in [0, 0.1) is 5.92 Å². The highest BCUT2D eigenvalue weighted by atomic mass is 16.2. The first-order valence-electron chi connectivity index (χ1n) is 8.02. The second-order valence-electron chi connectivity index (χ2n) is 6.16. The molecule has 1 aliphatic rings. The largest absolute Gasteiger partial charge is 0.337 e. The summed E-state index contributed by atoms with van der Waals surface area (Å²) in [6.07, 6.45) is 4.89. The molecule has 118 valence electrons. The van der Waals surface area contributed by atoms with E-state index in [1.54, 1.807) is 6.20 Å². The first-order chi connectivity index (χ1) is 11.3. The maximum absolute atomic E-state index is 12.8. The Morgan fingerprint density at radius 1 is 1.26 bits per heavy atom. The molecule has 0 spiro atoms. The van der Waals surface area contributed by atoms with E-state index in [2.05, 4.69) is 20.4 Å². The summed E-state index contributed by atoms with van der Waals surface area (Å²) in [5.74, 6) is 0.495. The molecule has 3 heterocycles. The van der Waals surface area contributed by atoms with Crippen LogP contribution in [0.4, 0.5) is 0 Å². The Labute approximate surface area is 133 Å². The number of aromatic amines is 2. The van der Waals surface area contributed by atoms with Gasteiger partial charge in [-0.25, -0.2) is 0 Å². The smallest absolute Gasteiger partial charge is 0.275 e. The summed E-state index contributed by atoms with van der Waals surface area (Å²) >= 11 is 0. The Balaban J connectivity index is 1.51. The molecule has 4 rings (SSSR count). The average Bonchev–Trinajstić information content (AvgIpc) is 3.24. The van der Waals surface area contributed by atoms with Gasteiger partial charge in [0, 0.05) is 30.4 Å². The highest BCUT2D eigenvalue weighted by molar-refractivity contribution is 6.04. The molecule has 1 atom stereocenters. The number of nitrogens with one attached hydrogen (secondary N) is 2. The van der Waals surface area contributed by atoms with Gasteiger partial charge in [0.05, 0.1) is 5.52 Å². The monoisotopic (exact) mass is 309 g/mol. The van der Waals surface area contributed by atoms with Crippen molar-refractivity contribution in [3.8, 4) is 0 Å². The fourth-order valence-electron chi connectivity index (χ4n) is 3.40. The predicted octanol–water partition coefficient (Wildman–Crippen LogP) is 2.38. The number of carbonyl (C=O) groups is 1. The number of piperidine rings is 1. The molecule has 2 N–H and O–H groups in total. The van der Waals surface area contributed by atoms with Gasteiger partial charge in [0.2, 0.25) is 0 Å². The number of amides is 1. The zero-order valence-electron chi connectivity index (χ0n) is 12.8. The first kappa shape index (κ1) is 14.0. The van der Waals surface area contributed by atoms with Crippen molar-refractivity contribution in [2.75, 3.05) is 13.1 Å². The van der Waals surface area contributed by atoms with Gasteiger partial charge < -0.3 is 4.90 Å². The van der Waals surface area contributed by atoms with Crippen LogP contribution < -0.4 is 0 Å². The van der Waals surface area contributed by atoms with E-state index in [0.29, 0.717) is 11.6 Å². The van der Waals surface area contributed by atoms with Gasteiger partial charge in [-0.3, -0.25) is 15.0 Å². The Kier molecular flexibility index (Phi) is 3.57. The van der Waals surface area contributed by atoms with Crippen LogP contribution in [0.1, 0.15) is 29.0 Å². The van der Waals surface area contributed by atoms with Crippen molar-refractivity contribution in [2.45, 2.75) is 19.3 Å². The molecule has 0 radical (unpaired) electrons. The third-order valence-electron chi connectivity index (χ3n) is 4.55. The molecule has 2 aromatic heterocycles. The first-order valence-corrected chi connectivity index (χ1v) is 8.02. The highest BCUT2D eigenvalue weighted by Gasteiger charge is 2.27. The fraction of sp³-hybridized carbons (Fsp3) is 0.353. The van der Waals surface area contributed by atoms with Crippen LogP contribution in [0.5, 0.6) is 0 Å². The minimum absolute atomic E-state index is 0.0248. The van der Waals surface area contributed by atoms with Gasteiger partial charge in [-0.2, -0.15) is 10.2 Å². The summed E-state index contributed by atoms with van der Waals surface area (Å²) in [6.45, 7) is 1.58. The number of hydrogen-bond acceptors (Lipinski definition) is 3. The van der Waals surface area contributed by atoms with Crippen molar-refractivity contribution < 1.29 is 4.79 Å². The third-order valence-corrected chi connectivity index (χ3v) is 4.55. The van der Waals surface area contributed by atoms with E-state index < -0.39 is 0 Å².